The van der Waals surface area contributed by atoms with Crippen LogP contribution in [0.15, 0.2) is 36.5 Å². The molecule has 6 nitrogen and oxygen atoms in total. The zero-order valence-corrected chi connectivity index (χ0v) is 15.8. The molecule has 0 saturated carbocycles. The smallest absolute Gasteiger partial charge is 0.331 e. The minimum atomic E-state index is -1.11. The van der Waals surface area contributed by atoms with Crippen molar-refractivity contribution in [2.24, 2.45) is 0 Å². The van der Waals surface area contributed by atoms with Crippen LogP contribution in [0.3, 0.4) is 0 Å². The first kappa shape index (κ1) is 20.7. The van der Waals surface area contributed by atoms with Gasteiger partial charge >= 0.3 is 5.97 Å². The predicted octanol–water partition coefficient (Wildman–Crippen LogP) is 4.12. The van der Waals surface area contributed by atoms with Crippen molar-refractivity contribution < 1.29 is 23.5 Å². The SMILES string of the molecule is COc1ccc(/C=C/C(=O)O[C@H](C)C(=O)Nc2ncc(Cl)cc2Cl)cc1F. The number of anilines is 1. The highest BCUT2D eigenvalue weighted by Gasteiger charge is 2.18. The zero-order valence-electron chi connectivity index (χ0n) is 14.3. The van der Waals surface area contributed by atoms with Crippen LogP contribution in [0.2, 0.25) is 10.0 Å². The second-order valence-corrected chi connectivity index (χ2v) is 6.12. The van der Waals surface area contributed by atoms with Crippen LogP contribution in [-0.4, -0.2) is 30.1 Å². The Morgan fingerprint density at radius 2 is 2.04 bits per heavy atom. The molecule has 1 atom stereocenters. The molecule has 0 saturated heterocycles. The number of methoxy groups -OCH3 is 1. The standard InChI is InChI=1S/C18H15Cl2FN2O4/c1-10(18(25)23-17-13(20)8-12(19)9-22-17)27-16(24)6-4-11-3-5-15(26-2)14(21)7-11/h3-10H,1-2H3,(H,22,23,25)/b6-4+/t10-/m1/s1. The Bertz CT molecular complexity index is 890. The van der Waals surface area contributed by atoms with E-state index in [9.17, 15) is 14.0 Å². The molecule has 2 rings (SSSR count). The summed E-state index contributed by atoms with van der Waals surface area (Å²) in [5.74, 6) is -1.77. The molecule has 1 amide bonds. The van der Waals surface area contributed by atoms with Crippen molar-refractivity contribution in [1.82, 2.24) is 4.98 Å². The van der Waals surface area contributed by atoms with Crippen molar-refractivity contribution in [3.8, 4) is 5.75 Å². The molecular weight excluding hydrogens is 398 g/mol. The third-order valence-corrected chi connectivity index (χ3v) is 3.79. The summed E-state index contributed by atoms with van der Waals surface area (Å²) in [6.45, 7) is 1.39. The highest BCUT2D eigenvalue weighted by Crippen LogP contribution is 2.22. The van der Waals surface area contributed by atoms with Crippen LogP contribution in [0, 0.1) is 5.82 Å². The van der Waals surface area contributed by atoms with Crippen molar-refractivity contribution in [1.29, 1.82) is 0 Å². The Kier molecular flexibility index (Phi) is 7.15. The van der Waals surface area contributed by atoms with E-state index in [4.69, 9.17) is 32.7 Å². The van der Waals surface area contributed by atoms with Crippen molar-refractivity contribution in [3.63, 3.8) is 0 Å². The first-order valence-electron chi connectivity index (χ1n) is 7.64. The number of carbonyl (C=O) groups is 2. The zero-order chi connectivity index (χ0) is 20.0. The van der Waals surface area contributed by atoms with Gasteiger partial charge in [0.05, 0.1) is 17.2 Å². The largest absolute Gasteiger partial charge is 0.494 e. The maximum Gasteiger partial charge on any atom is 0.331 e. The summed E-state index contributed by atoms with van der Waals surface area (Å²) in [5.41, 5.74) is 0.430. The van der Waals surface area contributed by atoms with E-state index in [1.54, 1.807) is 6.07 Å². The van der Waals surface area contributed by atoms with E-state index in [0.717, 1.165) is 6.08 Å². The van der Waals surface area contributed by atoms with Crippen LogP contribution < -0.4 is 10.1 Å². The number of esters is 1. The number of benzene rings is 1. The fraction of sp³-hybridized carbons (Fsp3) is 0.167. The van der Waals surface area contributed by atoms with Crippen molar-refractivity contribution in [2.45, 2.75) is 13.0 Å². The van der Waals surface area contributed by atoms with E-state index >= 15 is 0 Å². The number of carbonyl (C=O) groups excluding carboxylic acids is 2. The van der Waals surface area contributed by atoms with Gasteiger partial charge in [-0.05, 0) is 36.8 Å². The van der Waals surface area contributed by atoms with Crippen molar-refractivity contribution in [2.75, 3.05) is 12.4 Å². The molecule has 0 fully saturated rings. The van der Waals surface area contributed by atoms with Crippen LogP contribution in [-0.2, 0) is 14.3 Å². The third kappa shape index (κ3) is 5.94. The number of hydrogen-bond acceptors (Lipinski definition) is 5. The molecule has 9 heteroatoms. The third-order valence-electron chi connectivity index (χ3n) is 3.30. The molecule has 0 unspecified atom stereocenters. The number of pyridine rings is 1. The van der Waals surface area contributed by atoms with Crippen LogP contribution in [0.4, 0.5) is 10.2 Å². The van der Waals surface area contributed by atoms with Gasteiger partial charge in [-0.15, -0.1) is 0 Å². The molecule has 0 aliphatic rings. The lowest BCUT2D eigenvalue weighted by atomic mass is 10.2. The van der Waals surface area contributed by atoms with E-state index in [1.165, 1.54) is 44.5 Å². The van der Waals surface area contributed by atoms with Gasteiger partial charge in [0.15, 0.2) is 23.5 Å². The van der Waals surface area contributed by atoms with E-state index in [1.807, 2.05) is 0 Å². The molecule has 0 bridgehead atoms. The molecule has 142 valence electrons. The Labute approximate surface area is 164 Å². The van der Waals surface area contributed by atoms with Gasteiger partial charge in [0.2, 0.25) is 0 Å². The lowest BCUT2D eigenvalue weighted by Crippen LogP contribution is -2.29. The first-order chi connectivity index (χ1) is 12.8. The van der Waals surface area contributed by atoms with Crippen LogP contribution in [0.1, 0.15) is 12.5 Å². The molecule has 1 N–H and O–H groups in total. The van der Waals surface area contributed by atoms with Gasteiger partial charge in [-0.3, -0.25) is 4.79 Å². The molecule has 1 aromatic heterocycles. The molecule has 2 aromatic rings. The second kappa shape index (κ2) is 9.34. The molecule has 27 heavy (non-hydrogen) atoms. The molecule has 0 radical (unpaired) electrons. The Hall–Kier alpha value is -2.64. The lowest BCUT2D eigenvalue weighted by molar-refractivity contribution is -0.148. The Balaban J connectivity index is 1.94. The first-order valence-corrected chi connectivity index (χ1v) is 8.40. The maximum absolute atomic E-state index is 13.6. The summed E-state index contributed by atoms with van der Waals surface area (Å²) in [4.78, 5) is 27.8. The predicted molar refractivity (Wildman–Crippen MR) is 100 cm³/mol. The number of nitrogens with zero attached hydrogens (tertiary/aromatic N) is 1. The monoisotopic (exact) mass is 412 g/mol. The normalized spacial score (nSPS) is 11.9. The number of nitrogens with one attached hydrogen (secondary N) is 1. The van der Waals surface area contributed by atoms with Gasteiger partial charge in [0.25, 0.3) is 5.91 Å². The van der Waals surface area contributed by atoms with Gasteiger partial charge in [-0.25, -0.2) is 14.2 Å². The molecule has 1 aromatic carbocycles. The number of halogens is 3. The van der Waals surface area contributed by atoms with Gasteiger partial charge in [-0.2, -0.15) is 0 Å². The number of aromatic nitrogens is 1. The molecular formula is C18H15Cl2FN2O4. The van der Waals surface area contributed by atoms with E-state index < -0.39 is 23.8 Å². The number of rotatable bonds is 6. The summed E-state index contributed by atoms with van der Waals surface area (Å²) in [6.07, 6.45) is 2.64. The fourth-order valence-corrected chi connectivity index (χ4v) is 2.37. The second-order valence-electron chi connectivity index (χ2n) is 5.28. The van der Waals surface area contributed by atoms with Crippen molar-refractivity contribution in [3.05, 3.63) is 58.0 Å². The summed E-state index contributed by atoms with van der Waals surface area (Å²) in [7, 11) is 1.35. The van der Waals surface area contributed by atoms with Gasteiger partial charge < -0.3 is 14.8 Å². The molecule has 0 aliphatic heterocycles. The lowest BCUT2D eigenvalue weighted by Gasteiger charge is -2.12. The van der Waals surface area contributed by atoms with E-state index in [0.29, 0.717) is 10.6 Å². The Morgan fingerprint density at radius 3 is 2.67 bits per heavy atom. The summed E-state index contributed by atoms with van der Waals surface area (Å²) < 4.78 is 23.4. The van der Waals surface area contributed by atoms with Crippen molar-refractivity contribution >= 4 is 47.0 Å². The van der Waals surface area contributed by atoms with Crippen LogP contribution in [0.5, 0.6) is 5.75 Å². The number of amides is 1. The fourth-order valence-electron chi connectivity index (χ4n) is 1.94. The Morgan fingerprint density at radius 1 is 1.30 bits per heavy atom. The van der Waals surface area contributed by atoms with E-state index in [2.05, 4.69) is 10.3 Å². The molecule has 0 aliphatic carbocycles. The highest BCUT2D eigenvalue weighted by molar-refractivity contribution is 6.36. The van der Waals surface area contributed by atoms with Gasteiger partial charge in [-0.1, -0.05) is 29.3 Å². The highest BCUT2D eigenvalue weighted by atomic mass is 35.5. The summed E-state index contributed by atoms with van der Waals surface area (Å²) in [6, 6.07) is 5.61. The van der Waals surface area contributed by atoms with Crippen LogP contribution in [0.25, 0.3) is 6.08 Å². The molecule has 1 heterocycles. The van der Waals surface area contributed by atoms with E-state index in [-0.39, 0.29) is 16.6 Å². The average Bonchev–Trinajstić information content (AvgIpc) is 2.62. The van der Waals surface area contributed by atoms with Gasteiger partial charge in [0, 0.05) is 12.3 Å². The number of hydrogen-bond donors (Lipinski definition) is 1. The topological polar surface area (TPSA) is 77.5 Å². The van der Waals surface area contributed by atoms with Crippen LogP contribution >= 0.6 is 23.2 Å². The average molecular weight is 413 g/mol. The minimum Gasteiger partial charge on any atom is -0.494 e. The summed E-state index contributed by atoms with van der Waals surface area (Å²) in [5, 5.41) is 2.90. The molecule has 0 spiro atoms. The minimum absolute atomic E-state index is 0.0921. The maximum atomic E-state index is 13.6. The quantitative estimate of drug-likeness (QED) is 0.570. The number of ether oxygens (including phenoxy) is 2. The summed E-state index contributed by atoms with van der Waals surface area (Å²) >= 11 is 11.6. The van der Waals surface area contributed by atoms with Gasteiger partial charge in [0.1, 0.15) is 0 Å².